The summed E-state index contributed by atoms with van der Waals surface area (Å²) in [7, 11) is 0. The van der Waals surface area contributed by atoms with Crippen LogP contribution in [0.1, 0.15) is 16.8 Å². The number of nitrogens with one attached hydrogen (secondary N) is 1. The molecule has 0 saturated carbocycles. The van der Waals surface area contributed by atoms with Crippen molar-refractivity contribution in [3.05, 3.63) is 70.4 Å². The second-order valence-electron chi connectivity index (χ2n) is 5.32. The second kappa shape index (κ2) is 5.74. The van der Waals surface area contributed by atoms with Crippen LogP contribution in [-0.4, -0.2) is 4.98 Å². The van der Waals surface area contributed by atoms with Gasteiger partial charge in [-0.1, -0.05) is 29.8 Å². The fourth-order valence-electron chi connectivity index (χ4n) is 2.35. The third-order valence-electron chi connectivity index (χ3n) is 3.50. The molecule has 1 aromatic heterocycles. The van der Waals surface area contributed by atoms with Gasteiger partial charge in [-0.25, -0.2) is 0 Å². The molecule has 2 aromatic carbocycles. The first-order valence-electron chi connectivity index (χ1n) is 6.98. The van der Waals surface area contributed by atoms with Gasteiger partial charge in [0.1, 0.15) is 0 Å². The number of aryl methyl sites for hydroxylation is 2. The van der Waals surface area contributed by atoms with Gasteiger partial charge >= 0.3 is 0 Å². The van der Waals surface area contributed by atoms with Crippen LogP contribution in [0.15, 0.2) is 48.5 Å². The predicted molar refractivity (Wildman–Crippen MR) is 90.0 cm³/mol. The van der Waals surface area contributed by atoms with E-state index in [2.05, 4.69) is 40.6 Å². The largest absolute Gasteiger partial charge is 0.380 e. The molecule has 1 heterocycles. The van der Waals surface area contributed by atoms with Crippen LogP contribution in [0.4, 0.5) is 5.69 Å². The van der Waals surface area contributed by atoms with Crippen molar-refractivity contribution < 1.29 is 0 Å². The lowest BCUT2D eigenvalue weighted by Crippen LogP contribution is -2.00. The van der Waals surface area contributed by atoms with Gasteiger partial charge in [-0.15, -0.1) is 0 Å². The van der Waals surface area contributed by atoms with Crippen molar-refractivity contribution in [3.8, 4) is 0 Å². The average molecular weight is 297 g/mol. The van der Waals surface area contributed by atoms with E-state index in [1.165, 1.54) is 5.56 Å². The fourth-order valence-corrected chi connectivity index (χ4v) is 2.65. The number of nitrogens with zero attached hydrogens (tertiary/aromatic N) is 1. The molecule has 0 fully saturated rings. The van der Waals surface area contributed by atoms with E-state index in [-0.39, 0.29) is 0 Å². The number of pyridine rings is 1. The number of aromatic nitrogens is 1. The van der Waals surface area contributed by atoms with Gasteiger partial charge in [0, 0.05) is 17.6 Å². The molecule has 0 aliphatic rings. The maximum Gasteiger partial charge on any atom is 0.0705 e. The van der Waals surface area contributed by atoms with Crippen LogP contribution in [0.3, 0.4) is 0 Å². The maximum absolute atomic E-state index is 6.24. The highest BCUT2D eigenvalue weighted by Crippen LogP contribution is 2.23. The summed E-state index contributed by atoms with van der Waals surface area (Å²) in [4.78, 5) is 4.52. The summed E-state index contributed by atoms with van der Waals surface area (Å²) >= 11 is 6.24. The van der Waals surface area contributed by atoms with Crippen LogP contribution in [0.5, 0.6) is 0 Å². The van der Waals surface area contributed by atoms with Crippen molar-refractivity contribution >= 4 is 28.2 Å². The molecular formula is C18H17ClN2. The molecule has 3 aromatic rings. The third-order valence-corrected chi connectivity index (χ3v) is 3.81. The first-order valence-corrected chi connectivity index (χ1v) is 7.36. The second-order valence-corrected chi connectivity index (χ2v) is 5.72. The summed E-state index contributed by atoms with van der Waals surface area (Å²) < 4.78 is 0. The van der Waals surface area contributed by atoms with E-state index >= 15 is 0 Å². The van der Waals surface area contributed by atoms with E-state index in [0.717, 1.165) is 39.4 Å². The monoisotopic (exact) mass is 296 g/mol. The van der Waals surface area contributed by atoms with Crippen molar-refractivity contribution in [2.75, 3.05) is 5.32 Å². The Kier molecular flexibility index (Phi) is 3.80. The van der Waals surface area contributed by atoms with Gasteiger partial charge in [0.2, 0.25) is 0 Å². The Morgan fingerprint density at radius 3 is 2.67 bits per heavy atom. The quantitative estimate of drug-likeness (QED) is 0.726. The van der Waals surface area contributed by atoms with Crippen molar-refractivity contribution in [3.63, 3.8) is 0 Å². The van der Waals surface area contributed by atoms with Crippen LogP contribution < -0.4 is 5.32 Å². The molecule has 0 bridgehead atoms. The molecule has 0 atom stereocenters. The zero-order chi connectivity index (χ0) is 14.8. The highest BCUT2D eigenvalue weighted by atomic mass is 35.5. The predicted octanol–water partition coefficient (Wildman–Crippen LogP) is 5.12. The van der Waals surface area contributed by atoms with Crippen LogP contribution in [0.25, 0.3) is 10.9 Å². The number of hydrogen-bond acceptors (Lipinski definition) is 2. The van der Waals surface area contributed by atoms with Gasteiger partial charge in [0.15, 0.2) is 0 Å². The van der Waals surface area contributed by atoms with E-state index in [0.29, 0.717) is 0 Å². The topological polar surface area (TPSA) is 24.9 Å². The van der Waals surface area contributed by atoms with Gasteiger partial charge in [0.25, 0.3) is 0 Å². The molecule has 0 unspecified atom stereocenters. The van der Waals surface area contributed by atoms with Crippen molar-refractivity contribution in [2.45, 2.75) is 20.4 Å². The van der Waals surface area contributed by atoms with Crippen LogP contribution in [0, 0.1) is 13.8 Å². The number of rotatable bonds is 3. The lowest BCUT2D eigenvalue weighted by atomic mass is 10.1. The summed E-state index contributed by atoms with van der Waals surface area (Å²) in [6, 6.07) is 16.5. The maximum atomic E-state index is 6.24. The molecular weight excluding hydrogens is 280 g/mol. The van der Waals surface area contributed by atoms with E-state index in [1.54, 1.807) is 0 Å². The molecule has 0 saturated heterocycles. The van der Waals surface area contributed by atoms with Gasteiger partial charge in [0.05, 0.1) is 16.2 Å². The fraction of sp³-hybridized carbons (Fsp3) is 0.167. The Bertz CT molecular complexity index is 796. The van der Waals surface area contributed by atoms with Crippen molar-refractivity contribution in [1.29, 1.82) is 0 Å². The molecule has 0 aliphatic carbocycles. The Hall–Kier alpha value is -2.06. The van der Waals surface area contributed by atoms with Gasteiger partial charge in [-0.3, -0.25) is 4.98 Å². The molecule has 3 rings (SSSR count). The zero-order valence-electron chi connectivity index (χ0n) is 12.2. The molecule has 0 aliphatic heterocycles. The van der Waals surface area contributed by atoms with Crippen LogP contribution in [0.2, 0.25) is 5.02 Å². The van der Waals surface area contributed by atoms with Crippen molar-refractivity contribution in [1.82, 2.24) is 4.98 Å². The Labute approximate surface area is 129 Å². The van der Waals surface area contributed by atoms with E-state index in [4.69, 9.17) is 11.6 Å². The van der Waals surface area contributed by atoms with Crippen LogP contribution >= 0.6 is 11.6 Å². The number of fused-ring (bicyclic) bond motifs is 1. The summed E-state index contributed by atoms with van der Waals surface area (Å²) in [5.41, 5.74) is 5.42. The minimum atomic E-state index is 0.743. The number of hydrogen-bond donors (Lipinski definition) is 1. The van der Waals surface area contributed by atoms with Gasteiger partial charge < -0.3 is 5.32 Å². The molecule has 106 valence electrons. The van der Waals surface area contributed by atoms with E-state index in [1.807, 2.05) is 32.0 Å². The van der Waals surface area contributed by atoms with E-state index in [9.17, 15) is 0 Å². The molecule has 3 heteroatoms. The summed E-state index contributed by atoms with van der Waals surface area (Å²) in [6.07, 6.45) is 0. The van der Waals surface area contributed by atoms with Gasteiger partial charge in [-0.2, -0.15) is 0 Å². The Morgan fingerprint density at radius 1 is 1.00 bits per heavy atom. The highest BCUT2D eigenvalue weighted by Gasteiger charge is 2.02. The summed E-state index contributed by atoms with van der Waals surface area (Å²) in [5.74, 6) is 0. The molecule has 0 spiro atoms. The molecule has 1 N–H and O–H groups in total. The Balaban J connectivity index is 1.80. The lowest BCUT2D eigenvalue weighted by molar-refractivity contribution is 1.15. The van der Waals surface area contributed by atoms with E-state index < -0.39 is 0 Å². The minimum absolute atomic E-state index is 0.743. The summed E-state index contributed by atoms with van der Waals surface area (Å²) in [5, 5.41) is 5.30. The smallest absolute Gasteiger partial charge is 0.0705 e. The molecule has 0 amide bonds. The normalized spacial score (nSPS) is 10.8. The minimum Gasteiger partial charge on any atom is -0.380 e. The summed E-state index contributed by atoms with van der Waals surface area (Å²) in [6.45, 7) is 4.79. The number of benzene rings is 2. The Morgan fingerprint density at radius 2 is 1.86 bits per heavy atom. The molecule has 0 radical (unpaired) electrons. The highest BCUT2D eigenvalue weighted by molar-refractivity contribution is 6.33. The zero-order valence-corrected chi connectivity index (χ0v) is 12.9. The van der Waals surface area contributed by atoms with Crippen molar-refractivity contribution in [2.24, 2.45) is 0 Å². The molecule has 2 nitrogen and oxygen atoms in total. The first kappa shape index (κ1) is 13.9. The third kappa shape index (κ3) is 3.17. The van der Waals surface area contributed by atoms with Crippen LogP contribution in [-0.2, 0) is 6.54 Å². The molecule has 21 heavy (non-hydrogen) atoms. The first-order chi connectivity index (χ1) is 10.1. The number of anilines is 1. The number of halogens is 1. The lowest BCUT2D eigenvalue weighted by Gasteiger charge is -2.10. The SMILES string of the molecule is Cc1ccc(NCc2ccc3nc(C)ccc3c2)c(Cl)c1. The van der Waals surface area contributed by atoms with Gasteiger partial charge in [-0.05, 0) is 55.3 Å². The average Bonchev–Trinajstić information content (AvgIpc) is 2.46. The standard InChI is InChI=1S/C18H17ClN2/c1-12-3-7-18(16(19)9-12)20-11-14-5-8-17-15(10-14)6-4-13(2)21-17/h3-10,20H,11H2,1-2H3.